The van der Waals surface area contributed by atoms with Crippen molar-refractivity contribution in [3.8, 4) is 0 Å². The van der Waals surface area contributed by atoms with E-state index in [1.54, 1.807) is 24.4 Å². The number of nitrogens with two attached hydrogens (primary N) is 1. The summed E-state index contributed by atoms with van der Waals surface area (Å²) >= 11 is 0. The van der Waals surface area contributed by atoms with Crippen molar-refractivity contribution in [2.24, 2.45) is 17.6 Å². The number of fused-ring (bicyclic) bond motifs is 1. The Labute approximate surface area is 214 Å². The van der Waals surface area contributed by atoms with Gasteiger partial charge >= 0.3 is 0 Å². The van der Waals surface area contributed by atoms with E-state index in [1.807, 2.05) is 24.8 Å². The zero-order chi connectivity index (χ0) is 25.7. The van der Waals surface area contributed by atoms with Gasteiger partial charge in [-0.25, -0.2) is 13.4 Å². The number of nitrogens with zero attached hydrogens (tertiary/aromatic N) is 3. The van der Waals surface area contributed by atoms with Crippen molar-refractivity contribution in [3.05, 3.63) is 42.1 Å². The fourth-order valence-electron chi connectivity index (χ4n) is 7.25. The standard InChI is InChI=1S/C27H39N5O3S/c1-19-17-26(2,3)32(18-19)27(21(25(28)33)11-7-15-29-27)36(34,35)24-14-6-13-23(30-24)31-16-8-10-20-9-4-5-12-22(20)31/h6-7,11,13-15,19-20,22,29H,4-5,8-10,12,16-18H2,1-3H3,(H2,28,33). The number of aromatic nitrogens is 1. The van der Waals surface area contributed by atoms with Crippen molar-refractivity contribution in [3.63, 3.8) is 0 Å². The number of primary amides is 1. The van der Waals surface area contributed by atoms with Crippen LogP contribution in [0.25, 0.3) is 0 Å². The Morgan fingerprint density at radius 1 is 1.17 bits per heavy atom. The van der Waals surface area contributed by atoms with E-state index in [9.17, 15) is 13.2 Å². The summed E-state index contributed by atoms with van der Waals surface area (Å²) < 4.78 is 29.3. The van der Waals surface area contributed by atoms with Crippen molar-refractivity contribution >= 4 is 21.6 Å². The summed E-state index contributed by atoms with van der Waals surface area (Å²) in [4.78, 5) is 19.9. The van der Waals surface area contributed by atoms with Gasteiger partial charge in [-0.1, -0.05) is 25.8 Å². The number of dihydropyridines is 1. The van der Waals surface area contributed by atoms with Gasteiger partial charge in [-0.05, 0) is 88.3 Å². The Kier molecular flexibility index (Phi) is 6.44. The van der Waals surface area contributed by atoms with E-state index < -0.39 is 26.3 Å². The summed E-state index contributed by atoms with van der Waals surface area (Å²) in [6, 6.07) is 5.65. The second kappa shape index (κ2) is 9.17. The number of nitrogens with one attached hydrogen (secondary N) is 1. The molecule has 9 heteroatoms. The third kappa shape index (κ3) is 3.95. The summed E-state index contributed by atoms with van der Waals surface area (Å²) in [5, 5.41) is 3.06. The topological polar surface area (TPSA) is 109 Å². The van der Waals surface area contributed by atoms with E-state index in [0.29, 0.717) is 24.3 Å². The van der Waals surface area contributed by atoms with Gasteiger partial charge < -0.3 is 16.0 Å². The summed E-state index contributed by atoms with van der Waals surface area (Å²) in [5.74, 6) is 0.836. The van der Waals surface area contributed by atoms with Crippen LogP contribution in [0, 0.1) is 11.8 Å². The van der Waals surface area contributed by atoms with Gasteiger partial charge in [-0.15, -0.1) is 0 Å². The van der Waals surface area contributed by atoms with Crippen LogP contribution < -0.4 is 16.0 Å². The fraction of sp³-hybridized carbons (Fsp3) is 0.630. The molecule has 1 aliphatic carbocycles. The Bertz CT molecular complexity index is 1190. The van der Waals surface area contributed by atoms with E-state index in [1.165, 1.54) is 31.8 Å². The van der Waals surface area contributed by atoms with E-state index >= 15 is 0 Å². The molecular formula is C27H39N5O3S. The summed E-state index contributed by atoms with van der Waals surface area (Å²) in [7, 11) is -4.23. The van der Waals surface area contributed by atoms with Gasteiger partial charge in [0.05, 0.1) is 5.57 Å². The lowest BCUT2D eigenvalue weighted by Crippen LogP contribution is -2.69. The predicted octanol–water partition coefficient (Wildman–Crippen LogP) is 3.32. The Balaban J connectivity index is 1.62. The Hall–Kier alpha value is -2.39. The minimum absolute atomic E-state index is 0.0182. The lowest BCUT2D eigenvalue weighted by molar-refractivity contribution is -0.115. The number of pyridine rings is 1. The average molecular weight is 514 g/mol. The molecule has 1 aromatic rings. The third-order valence-corrected chi connectivity index (χ3v) is 10.7. The zero-order valence-electron chi connectivity index (χ0n) is 21.6. The molecule has 5 rings (SSSR count). The fourth-order valence-corrected chi connectivity index (χ4v) is 9.32. The highest BCUT2D eigenvalue weighted by molar-refractivity contribution is 7.93. The monoisotopic (exact) mass is 513 g/mol. The number of rotatable bonds is 5. The van der Waals surface area contributed by atoms with Crippen LogP contribution in [-0.4, -0.2) is 53.9 Å². The van der Waals surface area contributed by atoms with Gasteiger partial charge in [-0.2, -0.15) is 0 Å². The van der Waals surface area contributed by atoms with Crippen LogP contribution in [0.5, 0.6) is 0 Å². The van der Waals surface area contributed by atoms with E-state index in [4.69, 9.17) is 10.7 Å². The molecule has 4 unspecified atom stereocenters. The Morgan fingerprint density at radius 2 is 1.92 bits per heavy atom. The SMILES string of the molecule is CC1CN(C2(S(=O)(=O)c3cccc(N4CCCC5CCCCC54)n3)NC=CC=C2C(N)=O)C(C)(C)C1. The zero-order valence-corrected chi connectivity index (χ0v) is 22.4. The molecule has 0 spiro atoms. The van der Waals surface area contributed by atoms with Crippen molar-refractivity contribution in [1.82, 2.24) is 15.2 Å². The van der Waals surface area contributed by atoms with E-state index in [0.717, 1.165) is 25.8 Å². The van der Waals surface area contributed by atoms with Crippen molar-refractivity contribution in [2.45, 2.75) is 87.3 Å². The van der Waals surface area contributed by atoms with Gasteiger partial charge in [0, 0.05) is 24.7 Å². The van der Waals surface area contributed by atoms with Crippen LogP contribution in [0.2, 0.25) is 0 Å². The minimum atomic E-state index is -4.23. The third-order valence-electron chi connectivity index (χ3n) is 8.63. The Morgan fingerprint density at radius 3 is 2.64 bits per heavy atom. The summed E-state index contributed by atoms with van der Waals surface area (Å²) in [5.41, 5.74) is 5.36. The number of piperidine rings is 1. The molecule has 196 valence electrons. The smallest absolute Gasteiger partial charge is 0.249 e. The number of carbonyl (C=O) groups is 1. The molecule has 0 radical (unpaired) electrons. The number of carbonyl (C=O) groups excluding carboxylic acids is 1. The van der Waals surface area contributed by atoms with E-state index in [-0.39, 0.29) is 16.5 Å². The second-order valence-corrected chi connectivity index (χ2v) is 13.6. The molecule has 1 aromatic heterocycles. The molecular weight excluding hydrogens is 474 g/mol. The number of allylic oxidation sites excluding steroid dienone is 2. The molecule has 3 fully saturated rings. The molecule has 3 N–H and O–H groups in total. The first-order valence-corrected chi connectivity index (χ1v) is 14.8. The van der Waals surface area contributed by atoms with E-state index in [2.05, 4.69) is 17.1 Å². The van der Waals surface area contributed by atoms with Gasteiger partial charge in [0.1, 0.15) is 5.82 Å². The first kappa shape index (κ1) is 25.3. The molecule has 1 saturated carbocycles. The molecule has 1 amide bonds. The molecule has 0 bridgehead atoms. The highest BCUT2D eigenvalue weighted by Crippen LogP contribution is 2.45. The van der Waals surface area contributed by atoms with Crippen LogP contribution in [0.15, 0.2) is 47.2 Å². The van der Waals surface area contributed by atoms with Crippen LogP contribution in [0.4, 0.5) is 5.82 Å². The maximum absolute atomic E-state index is 14.7. The van der Waals surface area contributed by atoms with Crippen LogP contribution in [0.3, 0.4) is 0 Å². The number of hydrogen-bond acceptors (Lipinski definition) is 7. The molecule has 4 aliphatic rings. The van der Waals surface area contributed by atoms with Crippen molar-refractivity contribution in [1.29, 1.82) is 0 Å². The number of likely N-dealkylation sites (tertiary alicyclic amines) is 1. The van der Waals surface area contributed by atoms with Crippen LogP contribution in [0.1, 0.15) is 65.7 Å². The first-order valence-electron chi connectivity index (χ1n) is 13.3. The molecule has 3 aliphatic heterocycles. The van der Waals surface area contributed by atoms with Crippen molar-refractivity contribution < 1.29 is 13.2 Å². The quantitative estimate of drug-likeness (QED) is 0.622. The lowest BCUT2D eigenvalue weighted by Gasteiger charge is -2.48. The highest BCUT2D eigenvalue weighted by atomic mass is 32.2. The molecule has 4 heterocycles. The largest absolute Gasteiger partial charge is 0.366 e. The average Bonchev–Trinajstić information content (AvgIpc) is 3.15. The summed E-state index contributed by atoms with van der Waals surface area (Å²) in [6.07, 6.45) is 12.7. The highest BCUT2D eigenvalue weighted by Gasteiger charge is 2.61. The predicted molar refractivity (Wildman–Crippen MR) is 141 cm³/mol. The maximum Gasteiger partial charge on any atom is 0.249 e. The number of sulfone groups is 1. The van der Waals surface area contributed by atoms with Gasteiger partial charge in [0.15, 0.2) is 5.03 Å². The molecule has 2 saturated heterocycles. The van der Waals surface area contributed by atoms with Crippen LogP contribution >= 0.6 is 0 Å². The van der Waals surface area contributed by atoms with Gasteiger partial charge in [0.25, 0.3) is 0 Å². The minimum Gasteiger partial charge on any atom is -0.366 e. The number of hydrogen-bond donors (Lipinski definition) is 2. The van der Waals surface area contributed by atoms with Gasteiger partial charge in [0.2, 0.25) is 20.7 Å². The molecule has 8 nitrogen and oxygen atoms in total. The number of amides is 1. The lowest BCUT2D eigenvalue weighted by atomic mass is 9.78. The normalized spacial score (nSPS) is 32.5. The maximum atomic E-state index is 14.7. The van der Waals surface area contributed by atoms with Gasteiger partial charge in [-0.3, -0.25) is 9.69 Å². The van der Waals surface area contributed by atoms with Crippen LogP contribution in [-0.2, 0) is 14.6 Å². The molecule has 36 heavy (non-hydrogen) atoms. The molecule has 0 aromatic carbocycles. The second-order valence-electron chi connectivity index (χ2n) is 11.6. The van der Waals surface area contributed by atoms with Crippen molar-refractivity contribution in [2.75, 3.05) is 18.0 Å². The number of anilines is 1. The molecule has 4 atom stereocenters. The first-order chi connectivity index (χ1) is 17.1. The summed E-state index contributed by atoms with van der Waals surface area (Å²) in [6.45, 7) is 7.53.